The van der Waals surface area contributed by atoms with E-state index >= 15 is 0 Å². The van der Waals surface area contributed by atoms with Crippen LogP contribution in [0.2, 0.25) is 5.02 Å². The highest BCUT2D eigenvalue weighted by Crippen LogP contribution is 2.41. The van der Waals surface area contributed by atoms with Crippen molar-refractivity contribution < 1.29 is 18.6 Å². The number of halogens is 3. The summed E-state index contributed by atoms with van der Waals surface area (Å²) in [5.41, 5.74) is 1.05. The van der Waals surface area contributed by atoms with Crippen LogP contribution in [0.15, 0.2) is 36.4 Å². The molecule has 20 heavy (non-hydrogen) atoms. The van der Waals surface area contributed by atoms with E-state index in [2.05, 4.69) is 0 Å². The lowest BCUT2D eigenvalue weighted by atomic mass is 9.95. The standard InChI is InChI=1S/C15H11ClF2O2/c16-9-3-8(4-11(18)5-9)14-7-13(19)12-2-1-10(17)6-15(12)20-14/h1-6,13-14,19H,7H2/t13-,14?/m0/s1. The number of fused-ring (bicyclic) bond motifs is 1. The molecule has 2 aromatic rings. The zero-order chi connectivity index (χ0) is 14.3. The molecule has 0 spiro atoms. The summed E-state index contributed by atoms with van der Waals surface area (Å²) in [6, 6.07) is 8.04. The highest BCUT2D eigenvalue weighted by molar-refractivity contribution is 6.30. The van der Waals surface area contributed by atoms with Gasteiger partial charge in [-0.1, -0.05) is 11.6 Å². The molecule has 104 valence electrons. The fraction of sp³-hybridized carbons (Fsp3) is 0.200. The third kappa shape index (κ3) is 2.49. The Balaban J connectivity index is 1.98. The topological polar surface area (TPSA) is 29.5 Å². The zero-order valence-corrected chi connectivity index (χ0v) is 11.1. The van der Waals surface area contributed by atoms with Gasteiger partial charge in [0.15, 0.2) is 0 Å². The Labute approximate surface area is 119 Å². The van der Waals surface area contributed by atoms with Crippen LogP contribution in [0.4, 0.5) is 8.78 Å². The van der Waals surface area contributed by atoms with Crippen molar-refractivity contribution in [3.05, 3.63) is 64.2 Å². The number of aliphatic hydroxyl groups excluding tert-OH is 1. The van der Waals surface area contributed by atoms with Gasteiger partial charge < -0.3 is 9.84 Å². The van der Waals surface area contributed by atoms with Crippen molar-refractivity contribution in [2.24, 2.45) is 0 Å². The van der Waals surface area contributed by atoms with E-state index < -0.39 is 23.8 Å². The minimum absolute atomic E-state index is 0.253. The number of aliphatic hydroxyl groups is 1. The maximum absolute atomic E-state index is 13.4. The summed E-state index contributed by atoms with van der Waals surface area (Å²) in [6.07, 6.45) is -1.09. The Bertz CT molecular complexity index is 640. The Kier molecular flexibility index (Phi) is 3.36. The zero-order valence-electron chi connectivity index (χ0n) is 10.3. The van der Waals surface area contributed by atoms with Gasteiger partial charge in [-0.3, -0.25) is 0 Å². The van der Waals surface area contributed by atoms with Crippen molar-refractivity contribution in [3.63, 3.8) is 0 Å². The van der Waals surface area contributed by atoms with Gasteiger partial charge in [0.1, 0.15) is 23.5 Å². The second-order valence-electron chi connectivity index (χ2n) is 4.74. The number of hydrogen-bond acceptors (Lipinski definition) is 2. The molecule has 5 heteroatoms. The summed E-state index contributed by atoms with van der Waals surface area (Å²) in [4.78, 5) is 0. The molecular formula is C15H11ClF2O2. The average molecular weight is 297 g/mol. The first-order valence-corrected chi connectivity index (χ1v) is 6.51. The van der Waals surface area contributed by atoms with Crippen molar-refractivity contribution in [2.75, 3.05) is 0 Å². The number of benzene rings is 2. The highest BCUT2D eigenvalue weighted by Gasteiger charge is 2.28. The molecule has 0 saturated heterocycles. The molecule has 3 rings (SSSR count). The third-order valence-corrected chi connectivity index (χ3v) is 3.52. The van der Waals surface area contributed by atoms with Crippen molar-refractivity contribution in [1.82, 2.24) is 0 Å². The largest absolute Gasteiger partial charge is 0.485 e. The molecule has 0 fully saturated rings. The third-order valence-electron chi connectivity index (χ3n) is 3.30. The van der Waals surface area contributed by atoms with Gasteiger partial charge in [0.05, 0.1) is 6.10 Å². The molecule has 2 aromatic carbocycles. The van der Waals surface area contributed by atoms with Crippen molar-refractivity contribution in [2.45, 2.75) is 18.6 Å². The van der Waals surface area contributed by atoms with Crippen molar-refractivity contribution >= 4 is 11.6 Å². The van der Waals surface area contributed by atoms with Crippen LogP contribution in [-0.2, 0) is 0 Å². The Morgan fingerprint density at radius 3 is 2.65 bits per heavy atom. The first-order chi connectivity index (χ1) is 9.52. The predicted molar refractivity (Wildman–Crippen MR) is 70.8 cm³/mol. The van der Waals surface area contributed by atoms with E-state index in [0.29, 0.717) is 11.1 Å². The molecule has 1 aliphatic heterocycles. The molecule has 1 N–H and O–H groups in total. The molecule has 0 aromatic heterocycles. The van der Waals surface area contributed by atoms with E-state index in [0.717, 1.165) is 0 Å². The Morgan fingerprint density at radius 2 is 1.90 bits per heavy atom. The maximum Gasteiger partial charge on any atom is 0.128 e. The van der Waals surface area contributed by atoms with Crippen LogP contribution >= 0.6 is 11.6 Å². The quantitative estimate of drug-likeness (QED) is 0.855. The fourth-order valence-electron chi connectivity index (χ4n) is 2.38. The SMILES string of the molecule is O[C@H]1CC(c2cc(F)cc(Cl)c2)Oc2cc(F)ccc21. The van der Waals surface area contributed by atoms with Crippen LogP contribution in [0.5, 0.6) is 5.75 Å². The molecule has 0 amide bonds. The lowest BCUT2D eigenvalue weighted by Gasteiger charge is -2.30. The number of ether oxygens (including phenoxy) is 1. The Hall–Kier alpha value is -1.65. The van der Waals surface area contributed by atoms with Crippen LogP contribution in [0.1, 0.15) is 29.8 Å². The van der Waals surface area contributed by atoms with Crippen molar-refractivity contribution in [3.8, 4) is 5.75 Å². The fourth-order valence-corrected chi connectivity index (χ4v) is 2.61. The van der Waals surface area contributed by atoms with Gasteiger partial charge in [0.25, 0.3) is 0 Å². The second kappa shape index (κ2) is 5.04. The summed E-state index contributed by atoms with van der Waals surface area (Å²) in [5.74, 6) is -0.654. The average Bonchev–Trinajstić information content (AvgIpc) is 2.36. The molecule has 2 atom stereocenters. The van der Waals surface area contributed by atoms with Gasteiger partial charge >= 0.3 is 0 Å². The number of rotatable bonds is 1. The number of hydrogen-bond donors (Lipinski definition) is 1. The van der Waals surface area contributed by atoms with E-state index in [1.165, 1.54) is 30.3 Å². The first-order valence-electron chi connectivity index (χ1n) is 6.13. The molecule has 0 bridgehead atoms. The summed E-state index contributed by atoms with van der Waals surface area (Å²) >= 11 is 5.81. The van der Waals surface area contributed by atoms with Crippen LogP contribution in [0, 0.1) is 11.6 Å². The van der Waals surface area contributed by atoms with E-state index in [1.54, 1.807) is 6.07 Å². The predicted octanol–water partition coefficient (Wildman–Crippen LogP) is 4.18. The smallest absolute Gasteiger partial charge is 0.128 e. The summed E-state index contributed by atoms with van der Waals surface area (Å²) in [5, 5.41) is 10.3. The van der Waals surface area contributed by atoms with Crippen molar-refractivity contribution in [1.29, 1.82) is 0 Å². The Morgan fingerprint density at radius 1 is 1.10 bits per heavy atom. The highest BCUT2D eigenvalue weighted by atomic mass is 35.5. The monoisotopic (exact) mass is 296 g/mol. The minimum Gasteiger partial charge on any atom is -0.485 e. The molecule has 1 aliphatic rings. The van der Waals surface area contributed by atoms with Gasteiger partial charge in [-0.25, -0.2) is 8.78 Å². The van der Waals surface area contributed by atoms with Crippen LogP contribution in [0.3, 0.4) is 0 Å². The second-order valence-corrected chi connectivity index (χ2v) is 5.18. The molecule has 1 unspecified atom stereocenters. The van der Waals surface area contributed by atoms with Gasteiger partial charge in [-0.15, -0.1) is 0 Å². The first kappa shape index (κ1) is 13.3. The van der Waals surface area contributed by atoms with E-state index in [-0.39, 0.29) is 17.2 Å². The van der Waals surface area contributed by atoms with Crippen LogP contribution in [-0.4, -0.2) is 5.11 Å². The maximum atomic E-state index is 13.4. The molecule has 0 aliphatic carbocycles. The van der Waals surface area contributed by atoms with Gasteiger partial charge in [-0.2, -0.15) is 0 Å². The summed E-state index contributed by atoms with van der Waals surface area (Å²) in [7, 11) is 0. The van der Waals surface area contributed by atoms with Gasteiger partial charge in [0, 0.05) is 23.1 Å². The van der Waals surface area contributed by atoms with Gasteiger partial charge in [-0.05, 0) is 35.9 Å². The minimum atomic E-state index is -0.786. The summed E-state index contributed by atoms with van der Waals surface area (Å²) < 4.78 is 32.3. The molecule has 0 radical (unpaired) electrons. The lowest BCUT2D eigenvalue weighted by molar-refractivity contribution is 0.0652. The van der Waals surface area contributed by atoms with Gasteiger partial charge in [0.2, 0.25) is 0 Å². The molecule has 2 nitrogen and oxygen atoms in total. The molecule has 1 heterocycles. The van der Waals surface area contributed by atoms with E-state index in [1.807, 2.05) is 0 Å². The van der Waals surface area contributed by atoms with Crippen LogP contribution in [0.25, 0.3) is 0 Å². The van der Waals surface area contributed by atoms with Crippen LogP contribution < -0.4 is 4.74 Å². The normalized spacial score (nSPS) is 21.2. The molecular weight excluding hydrogens is 286 g/mol. The van der Waals surface area contributed by atoms with E-state index in [4.69, 9.17) is 16.3 Å². The van der Waals surface area contributed by atoms with E-state index in [9.17, 15) is 13.9 Å². The molecule has 0 saturated carbocycles. The lowest BCUT2D eigenvalue weighted by Crippen LogP contribution is -2.19. The summed E-state index contributed by atoms with van der Waals surface area (Å²) in [6.45, 7) is 0.